The molecule has 0 atom stereocenters. The van der Waals surface area contributed by atoms with E-state index in [0.29, 0.717) is 36.7 Å². The number of nitrogens with zero attached hydrogens (tertiary/aromatic N) is 3. The Bertz CT molecular complexity index is 1080. The average molecular weight is 484 g/mol. The Morgan fingerprint density at radius 3 is 2.12 bits per heavy atom. The third-order valence-corrected chi connectivity index (χ3v) is 9.24. The van der Waals surface area contributed by atoms with Gasteiger partial charge in [-0.3, -0.25) is 9.69 Å². The second-order valence-corrected chi connectivity index (χ2v) is 11.9. The van der Waals surface area contributed by atoms with Crippen molar-refractivity contribution in [1.29, 1.82) is 0 Å². The lowest BCUT2D eigenvalue weighted by atomic mass is 9.96. The van der Waals surface area contributed by atoms with Crippen molar-refractivity contribution in [2.24, 2.45) is 5.92 Å². The highest BCUT2D eigenvalue weighted by Gasteiger charge is 2.34. The summed E-state index contributed by atoms with van der Waals surface area (Å²) in [5, 5.41) is 0. The summed E-state index contributed by atoms with van der Waals surface area (Å²) in [6.07, 6.45) is 1.18. The molecule has 34 heavy (non-hydrogen) atoms. The first kappa shape index (κ1) is 24.9. The first-order valence-corrected chi connectivity index (χ1v) is 13.9. The second-order valence-electron chi connectivity index (χ2n) is 9.93. The van der Waals surface area contributed by atoms with Crippen LogP contribution in [-0.4, -0.2) is 67.7 Å². The molecule has 2 aliphatic rings. The van der Waals surface area contributed by atoms with E-state index >= 15 is 0 Å². The fraction of sp³-hybridized carbons (Fsp3) is 0.519. The van der Waals surface area contributed by atoms with Crippen molar-refractivity contribution in [3.8, 4) is 0 Å². The van der Waals surface area contributed by atoms with Crippen molar-refractivity contribution in [2.75, 3.05) is 39.3 Å². The Labute approximate surface area is 204 Å². The number of hydrogen-bond donors (Lipinski definition) is 0. The van der Waals surface area contributed by atoms with Crippen LogP contribution in [0.4, 0.5) is 0 Å². The molecule has 0 saturated carbocycles. The minimum Gasteiger partial charge on any atom is -0.340 e. The van der Waals surface area contributed by atoms with E-state index in [-0.39, 0.29) is 11.8 Å². The summed E-state index contributed by atoms with van der Waals surface area (Å²) in [6, 6.07) is 15.7. The van der Waals surface area contributed by atoms with Crippen LogP contribution in [0.1, 0.15) is 49.3 Å². The normalized spacial score (nSPS) is 19.0. The van der Waals surface area contributed by atoms with E-state index in [9.17, 15) is 13.2 Å². The Morgan fingerprint density at radius 1 is 0.912 bits per heavy atom. The van der Waals surface area contributed by atoms with Crippen LogP contribution in [-0.2, 0) is 21.4 Å². The van der Waals surface area contributed by atoms with Crippen molar-refractivity contribution < 1.29 is 13.2 Å². The van der Waals surface area contributed by atoms with Crippen LogP contribution < -0.4 is 0 Å². The first-order chi connectivity index (χ1) is 16.3. The molecule has 4 rings (SSSR count). The van der Waals surface area contributed by atoms with Gasteiger partial charge in [-0.15, -0.1) is 0 Å². The summed E-state index contributed by atoms with van der Waals surface area (Å²) < 4.78 is 27.7. The smallest absolute Gasteiger partial charge is 0.243 e. The lowest BCUT2D eigenvalue weighted by Crippen LogP contribution is -2.51. The van der Waals surface area contributed by atoms with Crippen LogP contribution in [0.2, 0.25) is 0 Å². The summed E-state index contributed by atoms with van der Waals surface area (Å²) in [4.78, 5) is 17.9. The monoisotopic (exact) mass is 483 g/mol. The van der Waals surface area contributed by atoms with Crippen LogP contribution >= 0.6 is 0 Å². The highest BCUT2D eigenvalue weighted by atomic mass is 32.2. The zero-order chi connectivity index (χ0) is 24.3. The number of rotatable bonds is 6. The number of carbonyl (C=O) groups is 1. The lowest BCUT2D eigenvalue weighted by Gasteiger charge is -2.38. The number of aryl methyl sites for hydroxylation is 1. The molecule has 2 aromatic carbocycles. The minimum absolute atomic E-state index is 0.0855. The predicted octanol–water partition coefficient (Wildman–Crippen LogP) is 3.86. The van der Waals surface area contributed by atoms with Gasteiger partial charge in [0.25, 0.3) is 0 Å². The number of benzene rings is 2. The average Bonchev–Trinajstić information content (AvgIpc) is 2.85. The zero-order valence-electron chi connectivity index (χ0n) is 20.6. The van der Waals surface area contributed by atoms with Crippen molar-refractivity contribution >= 4 is 15.9 Å². The molecule has 0 spiro atoms. The van der Waals surface area contributed by atoms with Gasteiger partial charge in [0, 0.05) is 51.7 Å². The van der Waals surface area contributed by atoms with Gasteiger partial charge in [0.1, 0.15) is 0 Å². The molecule has 6 nitrogen and oxygen atoms in total. The largest absolute Gasteiger partial charge is 0.340 e. The molecule has 0 aromatic heterocycles. The van der Waals surface area contributed by atoms with Gasteiger partial charge >= 0.3 is 0 Å². The zero-order valence-corrected chi connectivity index (χ0v) is 21.4. The summed E-state index contributed by atoms with van der Waals surface area (Å²) in [6.45, 7) is 11.3. The number of piperidine rings is 1. The molecule has 184 valence electrons. The fourth-order valence-corrected chi connectivity index (χ4v) is 6.40. The van der Waals surface area contributed by atoms with Crippen molar-refractivity contribution in [3.63, 3.8) is 0 Å². The van der Waals surface area contributed by atoms with Crippen LogP contribution in [0, 0.1) is 12.8 Å². The number of piperazine rings is 1. The molecule has 2 saturated heterocycles. The summed E-state index contributed by atoms with van der Waals surface area (Å²) in [5.41, 5.74) is 3.77. The number of carbonyl (C=O) groups excluding carboxylic acids is 1. The van der Waals surface area contributed by atoms with Gasteiger partial charge in [0.15, 0.2) is 0 Å². The maximum Gasteiger partial charge on any atom is 0.243 e. The number of hydrogen-bond acceptors (Lipinski definition) is 4. The van der Waals surface area contributed by atoms with Gasteiger partial charge in [-0.05, 0) is 54.5 Å². The molecule has 0 unspecified atom stereocenters. The molecule has 2 fully saturated rings. The van der Waals surface area contributed by atoms with Crippen molar-refractivity contribution in [3.05, 3.63) is 65.2 Å². The van der Waals surface area contributed by atoms with Gasteiger partial charge in [0.2, 0.25) is 15.9 Å². The van der Waals surface area contributed by atoms with E-state index in [4.69, 9.17) is 0 Å². The van der Waals surface area contributed by atoms with E-state index in [2.05, 4.69) is 49.9 Å². The highest BCUT2D eigenvalue weighted by Crippen LogP contribution is 2.27. The quantitative estimate of drug-likeness (QED) is 0.626. The third kappa shape index (κ3) is 5.53. The van der Waals surface area contributed by atoms with E-state index in [1.165, 1.54) is 11.1 Å². The summed E-state index contributed by atoms with van der Waals surface area (Å²) in [5.74, 6) is 0.467. The summed E-state index contributed by atoms with van der Waals surface area (Å²) in [7, 11) is -3.52. The van der Waals surface area contributed by atoms with Crippen LogP contribution in [0.3, 0.4) is 0 Å². The summed E-state index contributed by atoms with van der Waals surface area (Å²) >= 11 is 0. The highest BCUT2D eigenvalue weighted by molar-refractivity contribution is 7.89. The predicted molar refractivity (Wildman–Crippen MR) is 135 cm³/mol. The minimum atomic E-state index is -3.52. The molecule has 7 heteroatoms. The van der Waals surface area contributed by atoms with E-state index in [1.807, 2.05) is 17.0 Å². The SMILES string of the molecule is Cc1ccccc1CN1CCN(C(=O)C2CCN(S(=O)(=O)c3ccc(C(C)C)cc3)CC2)CC1. The van der Waals surface area contributed by atoms with Gasteiger partial charge in [-0.25, -0.2) is 8.42 Å². The molecular formula is C27H37N3O3S. The topological polar surface area (TPSA) is 60.9 Å². The van der Waals surface area contributed by atoms with Gasteiger partial charge in [0.05, 0.1) is 4.90 Å². The number of sulfonamides is 1. The molecule has 0 bridgehead atoms. The molecule has 2 aromatic rings. The molecule has 2 heterocycles. The van der Waals surface area contributed by atoms with Crippen LogP contribution in [0.15, 0.2) is 53.4 Å². The van der Waals surface area contributed by atoms with E-state index < -0.39 is 10.0 Å². The molecule has 1 amide bonds. The Kier molecular flexibility index (Phi) is 7.75. The maximum absolute atomic E-state index is 13.1. The second kappa shape index (κ2) is 10.6. The van der Waals surface area contributed by atoms with E-state index in [1.54, 1.807) is 16.4 Å². The Balaban J connectivity index is 1.28. The molecule has 0 N–H and O–H groups in total. The van der Waals surface area contributed by atoms with E-state index in [0.717, 1.165) is 38.3 Å². The Hall–Kier alpha value is -2.22. The van der Waals surface area contributed by atoms with Gasteiger partial charge < -0.3 is 4.90 Å². The van der Waals surface area contributed by atoms with Crippen LogP contribution in [0.25, 0.3) is 0 Å². The van der Waals surface area contributed by atoms with Crippen molar-refractivity contribution in [2.45, 2.75) is 51.0 Å². The lowest BCUT2D eigenvalue weighted by molar-refractivity contribution is -0.138. The standard InChI is InChI=1S/C27H37N3O3S/c1-21(2)23-8-10-26(11-9-23)34(32,33)30-14-12-24(13-15-30)27(31)29-18-16-28(17-19-29)20-25-7-5-4-6-22(25)3/h4-11,21,24H,12-20H2,1-3H3. The maximum atomic E-state index is 13.1. The van der Waals surface area contributed by atoms with Crippen LogP contribution in [0.5, 0.6) is 0 Å². The van der Waals surface area contributed by atoms with Crippen molar-refractivity contribution in [1.82, 2.24) is 14.1 Å². The Morgan fingerprint density at radius 2 is 1.53 bits per heavy atom. The first-order valence-electron chi connectivity index (χ1n) is 12.4. The molecule has 2 aliphatic heterocycles. The van der Waals surface area contributed by atoms with Gasteiger partial charge in [-0.2, -0.15) is 4.31 Å². The molecule has 0 radical (unpaired) electrons. The molecule has 0 aliphatic carbocycles. The number of amides is 1. The third-order valence-electron chi connectivity index (χ3n) is 7.33. The fourth-order valence-electron chi connectivity index (χ4n) is 4.93. The molecular weight excluding hydrogens is 446 g/mol. The van der Waals surface area contributed by atoms with Gasteiger partial charge in [-0.1, -0.05) is 50.2 Å².